The first-order valence-electron chi connectivity index (χ1n) is 4.52. The summed E-state index contributed by atoms with van der Waals surface area (Å²) in [6.45, 7) is 1.89. The van der Waals surface area contributed by atoms with Crippen molar-refractivity contribution in [2.75, 3.05) is 5.32 Å². The van der Waals surface area contributed by atoms with Crippen molar-refractivity contribution in [1.29, 1.82) is 0 Å². The molecule has 0 saturated heterocycles. The zero-order valence-electron chi connectivity index (χ0n) is 8.23. The van der Waals surface area contributed by atoms with E-state index in [1.54, 1.807) is 12.3 Å². The molecule has 1 N–H and O–H groups in total. The number of anilines is 1. The Balaban J connectivity index is 2.17. The molecule has 76 valence electrons. The van der Waals surface area contributed by atoms with E-state index < -0.39 is 0 Å². The maximum atomic E-state index is 11.6. The third kappa shape index (κ3) is 2.04. The second-order valence-electron chi connectivity index (χ2n) is 3.14. The Morgan fingerprint density at radius 2 is 2.33 bits per heavy atom. The number of pyridine rings is 1. The monoisotopic (exact) mass is 202 g/mol. The molecule has 2 aromatic rings. The van der Waals surface area contributed by atoms with Crippen LogP contribution in [0.25, 0.3) is 0 Å². The van der Waals surface area contributed by atoms with Crippen LogP contribution in [0.1, 0.15) is 15.9 Å². The lowest BCUT2D eigenvalue weighted by atomic mass is 10.2. The van der Waals surface area contributed by atoms with Crippen LogP contribution in [0.2, 0.25) is 0 Å². The van der Waals surface area contributed by atoms with E-state index in [1.165, 1.54) is 12.5 Å². The van der Waals surface area contributed by atoms with Crippen molar-refractivity contribution in [1.82, 2.24) is 4.98 Å². The number of amides is 1. The van der Waals surface area contributed by atoms with Crippen LogP contribution in [0, 0.1) is 6.92 Å². The van der Waals surface area contributed by atoms with Crippen LogP contribution in [0.5, 0.6) is 0 Å². The molecule has 1 amide bonds. The Labute approximate surface area is 86.9 Å². The molecule has 0 aliphatic heterocycles. The van der Waals surface area contributed by atoms with Gasteiger partial charge in [0.05, 0.1) is 11.8 Å². The standard InChI is InChI=1S/C11H10N2O2/c1-8-3-2-5-12-10(8)13-11(14)9-4-6-15-7-9/h2-7H,1H3,(H,12,13,14). The molecule has 0 fully saturated rings. The summed E-state index contributed by atoms with van der Waals surface area (Å²) in [5.41, 5.74) is 1.41. The number of hydrogen-bond acceptors (Lipinski definition) is 3. The zero-order chi connectivity index (χ0) is 10.7. The van der Waals surface area contributed by atoms with Gasteiger partial charge in [-0.05, 0) is 24.6 Å². The number of aryl methyl sites for hydroxylation is 1. The van der Waals surface area contributed by atoms with Crippen LogP contribution >= 0.6 is 0 Å². The molecule has 0 aromatic carbocycles. The normalized spacial score (nSPS) is 9.93. The fourth-order valence-corrected chi connectivity index (χ4v) is 1.19. The average molecular weight is 202 g/mol. The lowest BCUT2D eigenvalue weighted by molar-refractivity contribution is 0.102. The van der Waals surface area contributed by atoms with E-state index in [9.17, 15) is 4.79 Å². The predicted molar refractivity (Wildman–Crippen MR) is 55.6 cm³/mol. The maximum Gasteiger partial charge on any atom is 0.260 e. The van der Waals surface area contributed by atoms with Crippen molar-refractivity contribution in [2.24, 2.45) is 0 Å². The first kappa shape index (κ1) is 9.45. The van der Waals surface area contributed by atoms with Gasteiger partial charge in [-0.1, -0.05) is 6.07 Å². The molecule has 0 unspecified atom stereocenters. The van der Waals surface area contributed by atoms with Crippen molar-refractivity contribution < 1.29 is 9.21 Å². The highest BCUT2D eigenvalue weighted by atomic mass is 16.3. The second-order valence-corrected chi connectivity index (χ2v) is 3.14. The molecule has 2 heterocycles. The van der Waals surface area contributed by atoms with E-state index >= 15 is 0 Å². The largest absolute Gasteiger partial charge is 0.472 e. The Kier molecular flexibility index (Phi) is 2.49. The highest BCUT2D eigenvalue weighted by molar-refractivity contribution is 6.03. The van der Waals surface area contributed by atoms with Gasteiger partial charge in [0.1, 0.15) is 12.1 Å². The second kappa shape index (κ2) is 3.96. The summed E-state index contributed by atoms with van der Waals surface area (Å²) in [6, 6.07) is 5.31. The first-order valence-corrected chi connectivity index (χ1v) is 4.52. The molecule has 15 heavy (non-hydrogen) atoms. The Morgan fingerprint density at radius 1 is 1.47 bits per heavy atom. The molecular formula is C11H10N2O2. The molecule has 4 nitrogen and oxygen atoms in total. The highest BCUT2D eigenvalue weighted by Gasteiger charge is 2.08. The SMILES string of the molecule is Cc1cccnc1NC(=O)c1ccoc1. The number of nitrogens with one attached hydrogen (secondary N) is 1. The summed E-state index contributed by atoms with van der Waals surface area (Å²) in [5, 5.41) is 2.70. The first-order chi connectivity index (χ1) is 7.27. The summed E-state index contributed by atoms with van der Waals surface area (Å²) < 4.78 is 4.82. The minimum atomic E-state index is -0.217. The van der Waals surface area contributed by atoms with E-state index in [-0.39, 0.29) is 5.91 Å². The van der Waals surface area contributed by atoms with Gasteiger partial charge in [-0.2, -0.15) is 0 Å². The summed E-state index contributed by atoms with van der Waals surface area (Å²) in [7, 11) is 0. The maximum absolute atomic E-state index is 11.6. The van der Waals surface area contributed by atoms with Gasteiger partial charge in [0.15, 0.2) is 0 Å². The van der Waals surface area contributed by atoms with E-state index in [1.807, 2.05) is 19.1 Å². The van der Waals surface area contributed by atoms with Crippen LogP contribution in [0.15, 0.2) is 41.3 Å². The summed E-state index contributed by atoms with van der Waals surface area (Å²) >= 11 is 0. The number of rotatable bonds is 2. The van der Waals surface area contributed by atoms with E-state index in [4.69, 9.17) is 4.42 Å². The third-order valence-corrected chi connectivity index (χ3v) is 2.02. The Bertz CT molecular complexity index is 463. The van der Waals surface area contributed by atoms with Crippen molar-refractivity contribution in [3.63, 3.8) is 0 Å². The van der Waals surface area contributed by atoms with Gasteiger partial charge in [0, 0.05) is 6.20 Å². The predicted octanol–water partition coefficient (Wildman–Crippen LogP) is 2.24. The van der Waals surface area contributed by atoms with Crippen LogP contribution in [-0.4, -0.2) is 10.9 Å². The van der Waals surface area contributed by atoms with Gasteiger partial charge in [0.25, 0.3) is 5.91 Å². The number of aromatic nitrogens is 1. The molecular weight excluding hydrogens is 192 g/mol. The lowest BCUT2D eigenvalue weighted by Crippen LogP contribution is -2.12. The van der Waals surface area contributed by atoms with E-state index in [0.717, 1.165) is 5.56 Å². The lowest BCUT2D eigenvalue weighted by Gasteiger charge is -2.04. The number of hydrogen-bond donors (Lipinski definition) is 1. The van der Waals surface area contributed by atoms with Crippen LogP contribution in [-0.2, 0) is 0 Å². The minimum Gasteiger partial charge on any atom is -0.472 e. The van der Waals surface area contributed by atoms with Crippen LogP contribution < -0.4 is 5.32 Å². The fraction of sp³-hybridized carbons (Fsp3) is 0.0909. The molecule has 2 aromatic heterocycles. The highest BCUT2D eigenvalue weighted by Crippen LogP contribution is 2.11. The molecule has 0 bridgehead atoms. The number of carbonyl (C=O) groups is 1. The quantitative estimate of drug-likeness (QED) is 0.812. The molecule has 0 saturated carbocycles. The number of carbonyl (C=O) groups excluding carboxylic acids is 1. The van der Waals surface area contributed by atoms with Crippen molar-refractivity contribution in [3.8, 4) is 0 Å². The average Bonchev–Trinajstić information content (AvgIpc) is 2.74. The van der Waals surface area contributed by atoms with Crippen molar-refractivity contribution in [2.45, 2.75) is 6.92 Å². The van der Waals surface area contributed by atoms with Crippen molar-refractivity contribution in [3.05, 3.63) is 48.0 Å². The molecule has 4 heteroatoms. The molecule has 0 atom stereocenters. The molecule has 0 spiro atoms. The van der Waals surface area contributed by atoms with Gasteiger partial charge in [-0.15, -0.1) is 0 Å². The molecule has 0 radical (unpaired) electrons. The minimum absolute atomic E-state index is 0.217. The van der Waals surface area contributed by atoms with Gasteiger partial charge in [0.2, 0.25) is 0 Å². The van der Waals surface area contributed by atoms with Crippen LogP contribution in [0.3, 0.4) is 0 Å². The van der Waals surface area contributed by atoms with Crippen molar-refractivity contribution >= 4 is 11.7 Å². The smallest absolute Gasteiger partial charge is 0.260 e. The van der Waals surface area contributed by atoms with E-state index in [0.29, 0.717) is 11.4 Å². The molecule has 0 aliphatic rings. The summed E-state index contributed by atoms with van der Waals surface area (Å²) in [5.74, 6) is 0.356. The molecule has 0 aliphatic carbocycles. The Hall–Kier alpha value is -2.10. The van der Waals surface area contributed by atoms with Gasteiger partial charge in [-0.25, -0.2) is 4.98 Å². The van der Waals surface area contributed by atoms with Gasteiger partial charge >= 0.3 is 0 Å². The van der Waals surface area contributed by atoms with Gasteiger partial charge < -0.3 is 9.73 Å². The molecule has 2 rings (SSSR count). The number of furan rings is 1. The third-order valence-electron chi connectivity index (χ3n) is 2.02. The van der Waals surface area contributed by atoms with E-state index in [2.05, 4.69) is 10.3 Å². The van der Waals surface area contributed by atoms with Gasteiger partial charge in [-0.3, -0.25) is 4.79 Å². The zero-order valence-corrected chi connectivity index (χ0v) is 8.23. The summed E-state index contributed by atoms with van der Waals surface area (Å²) in [6.07, 6.45) is 4.49. The number of nitrogens with zero attached hydrogens (tertiary/aromatic N) is 1. The topological polar surface area (TPSA) is 55.1 Å². The fourth-order valence-electron chi connectivity index (χ4n) is 1.19. The summed E-state index contributed by atoms with van der Waals surface area (Å²) in [4.78, 5) is 15.7. The Morgan fingerprint density at radius 3 is 3.00 bits per heavy atom. The van der Waals surface area contributed by atoms with Crippen LogP contribution in [0.4, 0.5) is 5.82 Å².